The van der Waals surface area contributed by atoms with E-state index in [4.69, 9.17) is 14.2 Å². The van der Waals surface area contributed by atoms with Crippen molar-refractivity contribution in [3.05, 3.63) is 109 Å². The highest BCUT2D eigenvalue weighted by Crippen LogP contribution is 2.33. The molecule has 0 aliphatic rings. The summed E-state index contributed by atoms with van der Waals surface area (Å²) in [6, 6.07) is 16.3. The highest BCUT2D eigenvalue weighted by molar-refractivity contribution is 5.72. The van der Waals surface area contributed by atoms with Gasteiger partial charge < -0.3 is 14.2 Å². The van der Waals surface area contributed by atoms with Gasteiger partial charge in [0.05, 0.1) is 14.2 Å². The van der Waals surface area contributed by atoms with E-state index in [1.165, 1.54) is 26.4 Å². The summed E-state index contributed by atoms with van der Waals surface area (Å²) in [6.45, 7) is 7.17. The first-order chi connectivity index (χ1) is 15.8. The molecule has 0 fully saturated rings. The lowest BCUT2D eigenvalue weighted by atomic mass is 9.98. The third-order valence-electron chi connectivity index (χ3n) is 4.92. The summed E-state index contributed by atoms with van der Waals surface area (Å²) in [5.41, 5.74) is 1.69. The zero-order chi connectivity index (χ0) is 24.0. The van der Waals surface area contributed by atoms with Crippen LogP contribution < -0.4 is 9.47 Å². The van der Waals surface area contributed by atoms with Gasteiger partial charge in [-0.05, 0) is 47.0 Å². The fraction of sp³-hybridized carbons (Fsp3) is 0.111. The maximum absolute atomic E-state index is 14.8. The molecule has 0 aromatic heterocycles. The molecule has 6 heteroatoms. The average Bonchev–Trinajstić information content (AvgIpc) is 2.84. The van der Waals surface area contributed by atoms with Gasteiger partial charge in [0.15, 0.2) is 17.5 Å². The third-order valence-corrected chi connectivity index (χ3v) is 4.92. The molecule has 3 aromatic carbocycles. The molecule has 0 amide bonds. The summed E-state index contributed by atoms with van der Waals surface area (Å²) in [7, 11) is 2.85. The Balaban J connectivity index is 1.73. The monoisotopic (exact) mass is 452 g/mol. The first-order valence-corrected chi connectivity index (χ1v) is 9.98. The number of halogens is 3. The average molecular weight is 452 g/mol. The Hall–Kier alpha value is -3.93. The van der Waals surface area contributed by atoms with Crippen molar-refractivity contribution in [3.8, 4) is 33.8 Å². The van der Waals surface area contributed by atoms with Gasteiger partial charge in [-0.15, -0.1) is 0 Å². The second kappa shape index (κ2) is 10.6. The van der Waals surface area contributed by atoms with Crippen LogP contribution in [0.25, 0.3) is 22.3 Å². The number of hydrogen-bond donors (Lipinski definition) is 0. The van der Waals surface area contributed by atoms with Crippen molar-refractivity contribution in [1.29, 1.82) is 0 Å². The summed E-state index contributed by atoms with van der Waals surface area (Å²) in [5.74, 6) is -1.52. The van der Waals surface area contributed by atoms with Gasteiger partial charge in [-0.25, -0.2) is 13.2 Å². The molecular formula is C27H23F3O3. The van der Waals surface area contributed by atoms with Crippen molar-refractivity contribution in [2.24, 2.45) is 0 Å². The van der Waals surface area contributed by atoms with Crippen LogP contribution >= 0.6 is 0 Å². The number of rotatable bonds is 9. The maximum atomic E-state index is 14.8. The minimum Gasteiger partial charge on any atom is -0.497 e. The van der Waals surface area contributed by atoms with Crippen LogP contribution in [-0.2, 0) is 4.74 Å². The fourth-order valence-corrected chi connectivity index (χ4v) is 3.07. The van der Waals surface area contributed by atoms with Crippen molar-refractivity contribution in [2.45, 2.75) is 0 Å². The minimum atomic E-state index is -0.940. The summed E-state index contributed by atoms with van der Waals surface area (Å²) >= 11 is 0. The molecule has 0 aliphatic carbocycles. The molecule has 0 aliphatic heterocycles. The quantitative estimate of drug-likeness (QED) is 0.253. The van der Waals surface area contributed by atoms with E-state index >= 15 is 0 Å². The number of hydrogen-bond acceptors (Lipinski definition) is 3. The van der Waals surface area contributed by atoms with Crippen LogP contribution in [0.3, 0.4) is 0 Å². The Morgan fingerprint density at radius 3 is 1.73 bits per heavy atom. The molecule has 0 unspecified atom stereocenters. The van der Waals surface area contributed by atoms with Gasteiger partial charge in [-0.1, -0.05) is 49.6 Å². The van der Waals surface area contributed by atoms with Gasteiger partial charge in [0.1, 0.15) is 23.9 Å². The molecule has 0 heterocycles. The normalized spacial score (nSPS) is 11.1. The highest BCUT2D eigenvalue weighted by atomic mass is 19.2. The van der Waals surface area contributed by atoms with Gasteiger partial charge in [-0.2, -0.15) is 0 Å². The van der Waals surface area contributed by atoms with Crippen molar-refractivity contribution >= 4 is 0 Å². The molecule has 0 atom stereocenters. The molecule has 0 saturated carbocycles. The minimum absolute atomic E-state index is 0.0311. The zero-order valence-electron chi connectivity index (χ0n) is 18.3. The molecule has 0 saturated heterocycles. The summed E-state index contributed by atoms with van der Waals surface area (Å²) < 4.78 is 58.7. The van der Waals surface area contributed by atoms with Gasteiger partial charge in [0.25, 0.3) is 0 Å². The van der Waals surface area contributed by atoms with E-state index in [1.807, 2.05) is 0 Å². The van der Waals surface area contributed by atoms with E-state index in [-0.39, 0.29) is 23.5 Å². The fourth-order valence-electron chi connectivity index (χ4n) is 3.07. The summed E-state index contributed by atoms with van der Waals surface area (Å²) in [6.07, 6.45) is 1.17. The molecule has 0 spiro atoms. The smallest absolute Gasteiger partial charge is 0.167 e. The molecule has 3 aromatic rings. The van der Waals surface area contributed by atoms with Gasteiger partial charge in [-0.3, -0.25) is 0 Å². The lowest BCUT2D eigenvalue weighted by Crippen LogP contribution is -1.99. The first kappa shape index (κ1) is 23.7. The Morgan fingerprint density at radius 2 is 1.27 bits per heavy atom. The van der Waals surface area contributed by atoms with Crippen LogP contribution in [-0.4, -0.2) is 20.8 Å². The molecule has 3 nitrogen and oxygen atoms in total. The lowest BCUT2D eigenvalue weighted by Gasteiger charge is -2.11. The van der Waals surface area contributed by atoms with Gasteiger partial charge in [0.2, 0.25) is 0 Å². The predicted octanol–water partition coefficient (Wildman–Crippen LogP) is 7.26. The van der Waals surface area contributed by atoms with Crippen molar-refractivity contribution in [1.82, 2.24) is 0 Å². The Kier molecular flexibility index (Phi) is 7.61. The number of ether oxygens (including phenoxy) is 3. The van der Waals surface area contributed by atoms with E-state index in [0.29, 0.717) is 28.2 Å². The standard InChI is InChI=1S/C27H23F3O3/c1-17(15-25(28)18(2)31-3)16-33-22-11-7-20(8-12-22)24-14-13-23(26(29)27(24)30)19-5-9-21(32-4)10-6-19/h5-15H,1-2,16H2,3-4H3/b25-15+. The van der Waals surface area contributed by atoms with Crippen LogP contribution in [0.1, 0.15) is 0 Å². The van der Waals surface area contributed by atoms with E-state index in [9.17, 15) is 13.2 Å². The SMILES string of the molecule is C=C(/C=C(/F)C(=C)OC)COc1ccc(-c2ccc(-c3ccc(OC)cc3)c(F)c2F)cc1. The van der Waals surface area contributed by atoms with Gasteiger partial charge >= 0.3 is 0 Å². The molecular weight excluding hydrogens is 429 g/mol. The largest absolute Gasteiger partial charge is 0.497 e. The molecule has 170 valence electrons. The number of methoxy groups -OCH3 is 2. The van der Waals surface area contributed by atoms with E-state index in [2.05, 4.69) is 13.2 Å². The van der Waals surface area contributed by atoms with Crippen molar-refractivity contribution in [3.63, 3.8) is 0 Å². The molecule has 0 bridgehead atoms. The molecule has 3 rings (SSSR count). The maximum Gasteiger partial charge on any atom is 0.167 e. The Labute approximate surface area is 191 Å². The topological polar surface area (TPSA) is 27.7 Å². The molecule has 0 N–H and O–H groups in total. The first-order valence-electron chi connectivity index (χ1n) is 9.98. The molecule has 33 heavy (non-hydrogen) atoms. The predicted molar refractivity (Wildman–Crippen MR) is 124 cm³/mol. The number of benzene rings is 3. The van der Waals surface area contributed by atoms with E-state index in [1.54, 1.807) is 54.6 Å². The second-order valence-electron chi connectivity index (χ2n) is 7.11. The highest BCUT2D eigenvalue weighted by Gasteiger charge is 2.16. The van der Waals surface area contributed by atoms with Crippen LogP contribution in [0.5, 0.6) is 11.5 Å². The Bertz CT molecular complexity index is 1180. The second-order valence-corrected chi connectivity index (χ2v) is 7.11. The zero-order valence-corrected chi connectivity index (χ0v) is 18.3. The molecule has 0 radical (unpaired) electrons. The van der Waals surface area contributed by atoms with E-state index < -0.39 is 17.5 Å². The van der Waals surface area contributed by atoms with E-state index in [0.717, 1.165) is 0 Å². The third kappa shape index (κ3) is 5.66. The lowest BCUT2D eigenvalue weighted by molar-refractivity contribution is 0.285. The Morgan fingerprint density at radius 1 is 0.788 bits per heavy atom. The summed E-state index contributed by atoms with van der Waals surface area (Å²) in [4.78, 5) is 0. The van der Waals surface area contributed by atoms with Crippen molar-refractivity contribution < 1.29 is 27.4 Å². The van der Waals surface area contributed by atoms with Crippen LogP contribution in [0.15, 0.2) is 97.1 Å². The number of allylic oxidation sites excluding steroid dienone is 1. The van der Waals surface area contributed by atoms with Crippen LogP contribution in [0.4, 0.5) is 13.2 Å². The van der Waals surface area contributed by atoms with Crippen molar-refractivity contribution in [2.75, 3.05) is 20.8 Å². The van der Waals surface area contributed by atoms with Crippen LogP contribution in [0, 0.1) is 11.6 Å². The van der Waals surface area contributed by atoms with Gasteiger partial charge in [0, 0.05) is 11.1 Å². The van der Waals surface area contributed by atoms with Crippen LogP contribution in [0.2, 0.25) is 0 Å². The summed E-state index contributed by atoms with van der Waals surface area (Å²) in [5, 5.41) is 0.